The Morgan fingerprint density at radius 2 is 1.60 bits per heavy atom. The van der Waals surface area contributed by atoms with Gasteiger partial charge in [0.25, 0.3) is 0 Å². The minimum Gasteiger partial charge on any atom is -0.748 e. The van der Waals surface area contributed by atoms with E-state index in [1.54, 1.807) is 0 Å². The first-order valence-electron chi connectivity index (χ1n) is 7.52. The highest BCUT2D eigenvalue weighted by Crippen LogP contribution is 2.56. The molecule has 4 aliphatic rings. The number of rotatable bonds is 5. The van der Waals surface area contributed by atoms with Gasteiger partial charge in [0.2, 0.25) is 0 Å². The molecular formula is C14H21O5S-. The number of ether oxygens (including phenoxy) is 1. The first kappa shape index (κ1) is 14.3. The van der Waals surface area contributed by atoms with E-state index in [1.165, 1.54) is 6.42 Å². The topological polar surface area (TPSA) is 83.5 Å². The molecule has 114 valence electrons. The first-order chi connectivity index (χ1) is 9.42. The second-order valence-electron chi connectivity index (χ2n) is 6.74. The molecule has 0 atom stereocenters. The number of esters is 1. The van der Waals surface area contributed by atoms with Crippen molar-refractivity contribution in [3.8, 4) is 0 Å². The Labute approximate surface area is 119 Å². The summed E-state index contributed by atoms with van der Waals surface area (Å²) in [6.45, 7) is 0.0447. The summed E-state index contributed by atoms with van der Waals surface area (Å²) >= 11 is 0. The third-order valence-electron chi connectivity index (χ3n) is 5.28. The Morgan fingerprint density at radius 3 is 2.10 bits per heavy atom. The molecule has 0 N–H and O–H groups in total. The zero-order valence-electron chi connectivity index (χ0n) is 11.5. The van der Waals surface area contributed by atoms with Gasteiger partial charge in [0.15, 0.2) is 0 Å². The van der Waals surface area contributed by atoms with Crippen LogP contribution in [0.5, 0.6) is 0 Å². The monoisotopic (exact) mass is 301 g/mol. The molecule has 0 saturated heterocycles. The predicted octanol–water partition coefficient (Wildman–Crippen LogP) is 1.54. The molecule has 4 fully saturated rings. The summed E-state index contributed by atoms with van der Waals surface area (Å²) in [6.07, 6.45) is 6.06. The van der Waals surface area contributed by atoms with Crippen LogP contribution in [0.4, 0.5) is 0 Å². The largest absolute Gasteiger partial charge is 0.748 e. The maximum atomic E-state index is 12.2. The van der Waals surface area contributed by atoms with Crippen molar-refractivity contribution < 1.29 is 22.5 Å². The molecule has 20 heavy (non-hydrogen) atoms. The van der Waals surface area contributed by atoms with Crippen LogP contribution in [0.15, 0.2) is 0 Å². The van der Waals surface area contributed by atoms with Gasteiger partial charge in [-0.2, -0.15) is 0 Å². The summed E-state index contributed by atoms with van der Waals surface area (Å²) in [5.41, 5.74) is 0. The van der Waals surface area contributed by atoms with Crippen molar-refractivity contribution in [2.75, 3.05) is 12.4 Å². The van der Waals surface area contributed by atoms with Gasteiger partial charge < -0.3 is 9.29 Å². The molecule has 0 aromatic heterocycles. The van der Waals surface area contributed by atoms with Crippen LogP contribution in [0.2, 0.25) is 0 Å². The standard InChI is InChI=1S/C14H22O5S/c15-14(19-2-1-3-20(16,17)18)13-11-5-9-4-10(7-11)8-12(13)6-9/h9-13H,1-8H2,(H,16,17,18)/p-1. The number of carbonyl (C=O) groups is 1. The number of hydrogen-bond donors (Lipinski definition) is 0. The van der Waals surface area contributed by atoms with Gasteiger partial charge in [-0.15, -0.1) is 0 Å². The lowest BCUT2D eigenvalue weighted by atomic mass is 9.52. The van der Waals surface area contributed by atoms with Crippen LogP contribution >= 0.6 is 0 Å². The van der Waals surface area contributed by atoms with Gasteiger partial charge in [-0.05, 0) is 62.2 Å². The average molecular weight is 301 g/mol. The molecule has 4 saturated carbocycles. The molecule has 0 radical (unpaired) electrons. The van der Waals surface area contributed by atoms with Gasteiger partial charge in [-0.1, -0.05) is 0 Å². The van der Waals surface area contributed by atoms with Crippen molar-refractivity contribution in [2.24, 2.45) is 29.6 Å². The molecule has 0 aromatic rings. The highest BCUT2D eigenvalue weighted by Gasteiger charge is 2.51. The molecular weight excluding hydrogens is 280 g/mol. The van der Waals surface area contributed by atoms with Crippen molar-refractivity contribution >= 4 is 16.1 Å². The SMILES string of the molecule is O=C(OCCCS(=O)(=O)[O-])C1C2CC3CC(C2)CC1C3. The molecule has 6 heteroatoms. The molecule has 4 aliphatic carbocycles. The molecule has 0 amide bonds. The van der Waals surface area contributed by atoms with Crippen LogP contribution in [-0.4, -0.2) is 31.3 Å². The summed E-state index contributed by atoms with van der Waals surface area (Å²) < 4.78 is 36.7. The van der Waals surface area contributed by atoms with Gasteiger partial charge >= 0.3 is 5.97 Å². The van der Waals surface area contributed by atoms with Crippen LogP contribution in [0, 0.1) is 29.6 Å². The van der Waals surface area contributed by atoms with E-state index in [-0.39, 0.29) is 24.9 Å². The maximum Gasteiger partial charge on any atom is 0.309 e. The summed E-state index contributed by atoms with van der Waals surface area (Å²) in [5.74, 6) is 1.97. The van der Waals surface area contributed by atoms with Crippen molar-refractivity contribution in [3.63, 3.8) is 0 Å². The first-order valence-corrected chi connectivity index (χ1v) is 9.10. The van der Waals surface area contributed by atoms with Crippen LogP contribution < -0.4 is 0 Å². The fraction of sp³-hybridized carbons (Fsp3) is 0.929. The normalized spacial score (nSPS) is 39.0. The number of hydrogen-bond acceptors (Lipinski definition) is 5. The summed E-state index contributed by atoms with van der Waals surface area (Å²) in [7, 11) is -4.20. The summed E-state index contributed by atoms with van der Waals surface area (Å²) in [6, 6.07) is 0. The second-order valence-corrected chi connectivity index (χ2v) is 8.26. The third kappa shape index (κ3) is 3.01. The molecule has 0 unspecified atom stereocenters. The average Bonchev–Trinajstić information content (AvgIpc) is 2.32. The summed E-state index contributed by atoms with van der Waals surface area (Å²) in [4.78, 5) is 12.2. The molecule has 0 heterocycles. The predicted molar refractivity (Wildman–Crippen MR) is 70.7 cm³/mol. The van der Waals surface area contributed by atoms with E-state index >= 15 is 0 Å². The van der Waals surface area contributed by atoms with Crippen LogP contribution in [0.1, 0.15) is 38.5 Å². The summed E-state index contributed by atoms with van der Waals surface area (Å²) in [5, 5.41) is 0. The van der Waals surface area contributed by atoms with Crippen molar-refractivity contribution in [1.29, 1.82) is 0 Å². The smallest absolute Gasteiger partial charge is 0.309 e. The van der Waals surface area contributed by atoms with Crippen molar-refractivity contribution in [1.82, 2.24) is 0 Å². The molecule has 0 aliphatic heterocycles. The Morgan fingerprint density at radius 1 is 1.05 bits per heavy atom. The van der Waals surface area contributed by atoms with Gasteiger partial charge in [0.1, 0.15) is 0 Å². The van der Waals surface area contributed by atoms with Crippen LogP contribution in [0.3, 0.4) is 0 Å². The van der Waals surface area contributed by atoms with Gasteiger partial charge in [-0.3, -0.25) is 4.79 Å². The highest BCUT2D eigenvalue weighted by atomic mass is 32.2. The lowest BCUT2D eigenvalue weighted by Crippen LogP contribution is -2.48. The molecule has 0 spiro atoms. The maximum absolute atomic E-state index is 12.2. The molecule has 4 rings (SSSR count). The Kier molecular flexibility index (Phi) is 3.79. The van der Waals surface area contributed by atoms with Gasteiger partial charge in [0, 0.05) is 5.75 Å². The fourth-order valence-electron chi connectivity index (χ4n) is 4.81. The van der Waals surface area contributed by atoms with Gasteiger partial charge in [-0.25, -0.2) is 8.42 Å². The third-order valence-corrected chi connectivity index (χ3v) is 6.07. The van der Waals surface area contributed by atoms with E-state index in [1.807, 2.05) is 0 Å². The molecule has 4 bridgehead atoms. The molecule has 5 nitrogen and oxygen atoms in total. The van der Waals surface area contributed by atoms with E-state index in [9.17, 15) is 17.8 Å². The minimum atomic E-state index is -4.20. The Hall–Kier alpha value is -0.620. The van der Waals surface area contributed by atoms with E-state index < -0.39 is 15.9 Å². The lowest BCUT2D eigenvalue weighted by Gasteiger charge is -2.53. The number of carbonyl (C=O) groups excluding carboxylic acids is 1. The van der Waals surface area contributed by atoms with Crippen molar-refractivity contribution in [2.45, 2.75) is 38.5 Å². The van der Waals surface area contributed by atoms with Gasteiger partial charge in [0.05, 0.1) is 22.6 Å². The van der Waals surface area contributed by atoms with Crippen LogP contribution in [-0.2, 0) is 19.6 Å². The quantitative estimate of drug-likeness (QED) is 0.437. The zero-order chi connectivity index (χ0) is 14.3. The van der Waals surface area contributed by atoms with Crippen LogP contribution in [0.25, 0.3) is 0 Å². The highest BCUT2D eigenvalue weighted by molar-refractivity contribution is 7.85. The minimum absolute atomic E-state index is 0.0201. The second kappa shape index (κ2) is 5.30. The Bertz CT molecular complexity index is 456. The van der Waals surface area contributed by atoms with E-state index in [0.29, 0.717) is 11.8 Å². The van der Waals surface area contributed by atoms with E-state index in [4.69, 9.17) is 4.74 Å². The Balaban J connectivity index is 1.50. The van der Waals surface area contributed by atoms with E-state index in [0.717, 1.165) is 37.5 Å². The van der Waals surface area contributed by atoms with E-state index in [2.05, 4.69) is 0 Å². The fourth-order valence-corrected chi connectivity index (χ4v) is 5.29. The zero-order valence-corrected chi connectivity index (χ0v) is 12.3. The van der Waals surface area contributed by atoms with Crippen molar-refractivity contribution in [3.05, 3.63) is 0 Å². The lowest BCUT2D eigenvalue weighted by molar-refractivity contribution is -0.162. The molecule has 0 aromatic carbocycles.